The van der Waals surface area contributed by atoms with E-state index in [0.717, 1.165) is 37.5 Å². The van der Waals surface area contributed by atoms with Gasteiger partial charge in [-0.1, -0.05) is 29.3 Å². The predicted octanol–water partition coefficient (Wildman–Crippen LogP) is 2.92. The third-order valence-corrected chi connectivity index (χ3v) is 6.53. The lowest BCUT2D eigenvalue weighted by Crippen LogP contribution is -2.38. The smallest absolute Gasteiger partial charge is 0.191 e. The summed E-state index contributed by atoms with van der Waals surface area (Å²) in [6, 6.07) is 5.55. The number of benzene rings is 1. The summed E-state index contributed by atoms with van der Waals surface area (Å²) >= 11 is 12.1. The van der Waals surface area contributed by atoms with Crippen molar-refractivity contribution in [3.05, 3.63) is 33.8 Å². The zero-order valence-electron chi connectivity index (χ0n) is 14.4. The van der Waals surface area contributed by atoms with Gasteiger partial charge in [-0.25, -0.2) is 8.42 Å². The monoisotopic (exact) mass is 405 g/mol. The van der Waals surface area contributed by atoms with Gasteiger partial charge >= 0.3 is 0 Å². The maximum absolute atomic E-state index is 11.5. The molecule has 2 N–H and O–H groups in total. The zero-order chi connectivity index (χ0) is 18.3. The molecule has 0 spiro atoms. The number of halogens is 2. The molecule has 0 radical (unpaired) electrons. The Hall–Kier alpha value is -0.980. The molecule has 1 aliphatic rings. The van der Waals surface area contributed by atoms with E-state index in [4.69, 9.17) is 23.2 Å². The number of aryl methyl sites for hydroxylation is 1. The summed E-state index contributed by atoms with van der Waals surface area (Å²) in [4.78, 5) is 4.52. The van der Waals surface area contributed by atoms with Gasteiger partial charge in [-0.05, 0) is 49.8 Å². The number of nitrogens with one attached hydrogen (secondary N) is 2. The van der Waals surface area contributed by atoms with Gasteiger partial charge < -0.3 is 10.6 Å². The van der Waals surface area contributed by atoms with Crippen LogP contribution in [0.15, 0.2) is 23.2 Å². The molecule has 1 aliphatic heterocycles. The van der Waals surface area contributed by atoms with Crippen LogP contribution in [0.1, 0.15) is 25.3 Å². The lowest BCUT2D eigenvalue weighted by molar-refractivity contribution is 0.589. The summed E-state index contributed by atoms with van der Waals surface area (Å²) in [7, 11) is -2.85. The number of aliphatic imine (C=N–C) groups is 1. The van der Waals surface area contributed by atoms with Gasteiger partial charge in [-0.3, -0.25) is 4.99 Å². The number of guanidine groups is 1. The lowest BCUT2D eigenvalue weighted by Gasteiger charge is -2.13. The minimum absolute atomic E-state index is 0.133. The molecule has 25 heavy (non-hydrogen) atoms. The van der Waals surface area contributed by atoms with Crippen molar-refractivity contribution in [1.82, 2.24) is 10.6 Å². The third kappa shape index (κ3) is 7.04. The maximum Gasteiger partial charge on any atom is 0.191 e. The van der Waals surface area contributed by atoms with E-state index in [1.807, 2.05) is 19.1 Å². The predicted molar refractivity (Wildman–Crippen MR) is 106 cm³/mol. The van der Waals surface area contributed by atoms with Crippen LogP contribution in [0.25, 0.3) is 0 Å². The molecule has 140 valence electrons. The summed E-state index contributed by atoms with van der Waals surface area (Å²) in [5, 5.41) is 7.81. The summed E-state index contributed by atoms with van der Waals surface area (Å²) in [5.41, 5.74) is 1.07. The molecule has 1 fully saturated rings. The Labute approximate surface area is 160 Å². The van der Waals surface area contributed by atoms with E-state index in [1.54, 1.807) is 6.07 Å². The van der Waals surface area contributed by atoms with E-state index in [9.17, 15) is 8.42 Å². The molecule has 0 saturated carbocycles. The number of nitrogens with zero attached hydrogens (tertiary/aromatic N) is 1. The highest BCUT2D eigenvalue weighted by molar-refractivity contribution is 7.91. The second kappa shape index (κ2) is 9.64. The van der Waals surface area contributed by atoms with Crippen LogP contribution in [0, 0.1) is 5.92 Å². The van der Waals surface area contributed by atoms with Crippen LogP contribution in [0.5, 0.6) is 0 Å². The van der Waals surface area contributed by atoms with E-state index in [2.05, 4.69) is 15.6 Å². The van der Waals surface area contributed by atoms with Crippen LogP contribution in [0.4, 0.5) is 0 Å². The Morgan fingerprint density at radius 1 is 1.32 bits per heavy atom. The molecule has 8 heteroatoms. The van der Waals surface area contributed by atoms with E-state index in [-0.39, 0.29) is 11.7 Å². The average Bonchev–Trinajstić information content (AvgIpc) is 2.90. The van der Waals surface area contributed by atoms with E-state index in [0.29, 0.717) is 28.8 Å². The van der Waals surface area contributed by atoms with Gasteiger partial charge in [0, 0.05) is 29.7 Å². The molecule has 5 nitrogen and oxygen atoms in total. The van der Waals surface area contributed by atoms with Crippen LogP contribution >= 0.6 is 23.2 Å². The standard InChI is InChI=1S/C17H25Cl2N3O2S/c1-2-20-17(22-11-13-7-9-25(23,24)12-13)21-8-3-4-14-5-6-15(18)10-16(14)19/h5-6,10,13H,2-4,7-9,11-12H2,1H3,(H2,20,21,22). The summed E-state index contributed by atoms with van der Waals surface area (Å²) in [5.74, 6) is 1.41. The van der Waals surface area contributed by atoms with Gasteiger partial charge in [0.1, 0.15) is 0 Å². The molecular formula is C17H25Cl2N3O2S. The van der Waals surface area contributed by atoms with Crippen LogP contribution in [-0.4, -0.2) is 45.5 Å². The largest absolute Gasteiger partial charge is 0.357 e. The summed E-state index contributed by atoms with van der Waals surface area (Å²) in [6.07, 6.45) is 2.47. The van der Waals surface area contributed by atoms with Crippen molar-refractivity contribution in [2.45, 2.75) is 26.2 Å². The fourth-order valence-electron chi connectivity index (χ4n) is 2.79. The van der Waals surface area contributed by atoms with Crippen LogP contribution in [-0.2, 0) is 16.3 Å². The first-order valence-corrected chi connectivity index (χ1v) is 11.1. The lowest BCUT2D eigenvalue weighted by atomic mass is 10.1. The Morgan fingerprint density at radius 3 is 2.76 bits per heavy atom. The Morgan fingerprint density at radius 2 is 2.12 bits per heavy atom. The molecule has 1 unspecified atom stereocenters. The van der Waals surface area contributed by atoms with E-state index >= 15 is 0 Å². The molecule has 2 rings (SSSR count). The Balaban J connectivity index is 1.78. The fraction of sp³-hybridized carbons (Fsp3) is 0.588. The van der Waals surface area contributed by atoms with Gasteiger partial charge in [0.15, 0.2) is 15.8 Å². The van der Waals surface area contributed by atoms with Crippen molar-refractivity contribution in [2.75, 3.05) is 31.1 Å². The number of sulfone groups is 1. The fourth-order valence-corrected chi connectivity index (χ4v) is 5.14. The normalized spacial score (nSPS) is 19.8. The Kier molecular flexibility index (Phi) is 7.84. The van der Waals surface area contributed by atoms with Crippen molar-refractivity contribution in [3.8, 4) is 0 Å². The molecule has 1 aromatic carbocycles. The molecule has 1 saturated heterocycles. The van der Waals surface area contributed by atoms with Gasteiger partial charge in [-0.15, -0.1) is 0 Å². The molecule has 1 heterocycles. The molecular weight excluding hydrogens is 381 g/mol. The minimum Gasteiger partial charge on any atom is -0.357 e. The van der Waals surface area contributed by atoms with E-state index in [1.165, 1.54) is 0 Å². The van der Waals surface area contributed by atoms with Gasteiger partial charge in [0.05, 0.1) is 11.5 Å². The molecule has 1 atom stereocenters. The SMILES string of the molecule is CCNC(=NCC1CCS(=O)(=O)C1)NCCCc1ccc(Cl)cc1Cl. The van der Waals surface area contributed by atoms with Crippen LogP contribution in [0.2, 0.25) is 10.0 Å². The maximum atomic E-state index is 11.5. The highest BCUT2D eigenvalue weighted by Crippen LogP contribution is 2.22. The van der Waals surface area contributed by atoms with Gasteiger partial charge in [-0.2, -0.15) is 0 Å². The van der Waals surface area contributed by atoms with Gasteiger partial charge in [0.25, 0.3) is 0 Å². The average molecular weight is 406 g/mol. The number of hydrogen-bond donors (Lipinski definition) is 2. The number of hydrogen-bond acceptors (Lipinski definition) is 3. The molecule has 0 aliphatic carbocycles. The minimum atomic E-state index is -2.85. The van der Waals surface area contributed by atoms with Crippen molar-refractivity contribution in [2.24, 2.45) is 10.9 Å². The highest BCUT2D eigenvalue weighted by Gasteiger charge is 2.27. The highest BCUT2D eigenvalue weighted by atomic mass is 35.5. The quantitative estimate of drug-likeness (QED) is 0.415. The van der Waals surface area contributed by atoms with Crippen molar-refractivity contribution in [1.29, 1.82) is 0 Å². The van der Waals surface area contributed by atoms with Crippen molar-refractivity contribution in [3.63, 3.8) is 0 Å². The second-order valence-electron chi connectivity index (χ2n) is 6.25. The second-order valence-corrected chi connectivity index (χ2v) is 9.33. The first kappa shape index (κ1) is 20.3. The molecule has 0 amide bonds. The van der Waals surface area contributed by atoms with Crippen molar-refractivity contribution < 1.29 is 8.42 Å². The summed E-state index contributed by atoms with van der Waals surface area (Å²) < 4.78 is 23.0. The van der Waals surface area contributed by atoms with Crippen LogP contribution in [0.3, 0.4) is 0 Å². The first-order chi connectivity index (χ1) is 11.9. The Bertz CT molecular complexity index is 708. The third-order valence-electron chi connectivity index (χ3n) is 4.11. The van der Waals surface area contributed by atoms with E-state index < -0.39 is 9.84 Å². The molecule has 0 aromatic heterocycles. The molecule has 1 aromatic rings. The first-order valence-electron chi connectivity index (χ1n) is 8.56. The molecule has 0 bridgehead atoms. The summed E-state index contributed by atoms with van der Waals surface area (Å²) in [6.45, 7) is 4.06. The van der Waals surface area contributed by atoms with Gasteiger partial charge in [0.2, 0.25) is 0 Å². The van der Waals surface area contributed by atoms with Crippen LogP contribution < -0.4 is 10.6 Å². The zero-order valence-corrected chi connectivity index (χ0v) is 16.7. The van der Waals surface area contributed by atoms with Crippen molar-refractivity contribution >= 4 is 39.0 Å². The number of rotatable bonds is 7. The topological polar surface area (TPSA) is 70.6 Å².